The van der Waals surface area contributed by atoms with Gasteiger partial charge in [-0.05, 0) is 58.6 Å². The highest BCUT2D eigenvalue weighted by atomic mass is 16.5. The minimum atomic E-state index is -0.951. The van der Waals surface area contributed by atoms with Gasteiger partial charge in [0.05, 0.1) is 11.8 Å². The van der Waals surface area contributed by atoms with Crippen molar-refractivity contribution in [1.82, 2.24) is 0 Å². The van der Waals surface area contributed by atoms with Crippen molar-refractivity contribution in [3.63, 3.8) is 0 Å². The second-order valence-electron chi connectivity index (χ2n) is 12.0. The van der Waals surface area contributed by atoms with Gasteiger partial charge in [0.25, 0.3) is 0 Å². The summed E-state index contributed by atoms with van der Waals surface area (Å²) in [5.74, 6) is -2.38. The number of carbonyl (C=O) groups excluding carboxylic acids is 1. The number of aliphatic carboxylic acids is 1. The highest BCUT2D eigenvalue weighted by molar-refractivity contribution is 6.09. The van der Waals surface area contributed by atoms with Crippen molar-refractivity contribution >= 4 is 33.5 Å². The van der Waals surface area contributed by atoms with Gasteiger partial charge in [-0.25, -0.2) is 0 Å². The number of fused-ring (bicyclic) bond motifs is 2. The zero-order valence-electron chi connectivity index (χ0n) is 21.9. The Bertz CT molecular complexity index is 1350. The van der Waals surface area contributed by atoms with E-state index < -0.39 is 23.8 Å². The number of allylic oxidation sites excluding steroid dienone is 2. The molecule has 184 valence electrons. The van der Waals surface area contributed by atoms with E-state index in [4.69, 9.17) is 4.74 Å². The average Bonchev–Trinajstić information content (AvgIpc) is 2.76. The second-order valence-corrected chi connectivity index (χ2v) is 12.0. The van der Waals surface area contributed by atoms with Crippen LogP contribution in [0.1, 0.15) is 72.4 Å². The van der Waals surface area contributed by atoms with Crippen molar-refractivity contribution in [2.75, 3.05) is 0 Å². The summed E-state index contributed by atoms with van der Waals surface area (Å²) in [7, 11) is 0. The van der Waals surface area contributed by atoms with Crippen molar-refractivity contribution < 1.29 is 19.4 Å². The first-order chi connectivity index (χ1) is 16.3. The Morgan fingerprint density at radius 1 is 0.886 bits per heavy atom. The van der Waals surface area contributed by atoms with Crippen LogP contribution in [0.15, 0.2) is 54.1 Å². The van der Waals surface area contributed by atoms with E-state index in [-0.39, 0.29) is 10.8 Å². The van der Waals surface area contributed by atoms with Gasteiger partial charge >= 0.3 is 11.9 Å². The van der Waals surface area contributed by atoms with Crippen LogP contribution in [-0.2, 0) is 20.4 Å². The van der Waals surface area contributed by atoms with Crippen LogP contribution >= 0.6 is 0 Å². The first-order valence-corrected chi connectivity index (χ1v) is 12.4. The third kappa shape index (κ3) is 4.71. The molecule has 0 amide bonds. The second kappa shape index (κ2) is 8.82. The Kier molecular flexibility index (Phi) is 6.29. The third-order valence-corrected chi connectivity index (χ3v) is 7.16. The predicted molar refractivity (Wildman–Crippen MR) is 142 cm³/mol. The lowest BCUT2D eigenvalue weighted by Crippen LogP contribution is -2.34. The molecule has 0 aromatic heterocycles. The van der Waals surface area contributed by atoms with Gasteiger partial charge in [0.2, 0.25) is 0 Å². The molecule has 0 fully saturated rings. The van der Waals surface area contributed by atoms with E-state index in [1.165, 1.54) is 5.56 Å². The molecule has 4 rings (SSSR count). The molecule has 35 heavy (non-hydrogen) atoms. The van der Waals surface area contributed by atoms with Gasteiger partial charge in [0, 0.05) is 10.8 Å². The molecule has 0 bridgehead atoms. The van der Waals surface area contributed by atoms with Gasteiger partial charge in [0.15, 0.2) is 0 Å². The highest BCUT2D eigenvalue weighted by Crippen LogP contribution is 2.44. The molecule has 1 aliphatic rings. The third-order valence-electron chi connectivity index (χ3n) is 7.16. The minimum Gasteiger partial charge on any atom is -0.481 e. The van der Waals surface area contributed by atoms with Crippen LogP contribution < -0.4 is 4.74 Å². The SMILES string of the molecule is CC1=CCC(C(=O)Oc2c3cccc(C(C)(C)C)c3cc3cccc(C(C)(C)C)c23)C(C(=O)O)C1. The van der Waals surface area contributed by atoms with Crippen LogP contribution in [0.5, 0.6) is 5.75 Å². The van der Waals surface area contributed by atoms with Gasteiger partial charge in [-0.2, -0.15) is 0 Å². The van der Waals surface area contributed by atoms with Crippen LogP contribution in [0.3, 0.4) is 0 Å². The monoisotopic (exact) mass is 472 g/mol. The fraction of sp³-hybridized carbons (Fsp3) is 0.419. The number of rotatable bonds is 3. The normalized spacial score (nSPS) is 19.0. The standard InChI is InChI=1S/C31H36O4/c1-18-14-15-21(23(16-18)28(32)33)29(34)35-27-20-11-9-12-24(30(2,3)4)22(20)17-19-10-8-13-25(26(19)27)31(5,6)7/h8-14,17,21,23H,15-16H2,1-7H3,(H,32,33). The first kappa shape index (κ1) is 25.0. The Morgan fingerprint density at radius 2 is 1.51 bits per heavy atom. The molecular weight excluding hydrogens is 436 g/mol. The van der Waals surface area contributed by atoms with Crippen LogP contribution in [0, 0.1) is 11.8 Å². The van der Waals surface area contributed by atoms with Crippen LogP contribution in [-0.4, -0.2) is 17.0 Å². The van der Waals surface area contributed by atoms with Crippen molar-refractivity contribution in [1.29, 1.82) is 0 Å². The summed E-state index contributed by atoms with van der Waals surface area (Å²) in [6.07, 6.45) is 2.71. The minimum absolute atomic E-state index is 0.101. The van der Waals surface area contributed by atoms with Crippen molar-refractivity contribution in [3.8, 4) is 5.75 Å². The number of hydrogen-bond donors (Lipinski definition) is 1. The molecule has 4 nitrogen and oxygen atoms in total. The zero-order valence-corrected chi connectivity index (χ0v) is 21.9. The van der Waals surface area contributed by atoms with Crippen molar-refractivity contribution in [3.05, 3.63) is 65.2 Å². The molecule has 2 atom stereocenters. The Morgan fingerprint density at radius 3 is 2.14 bits per heavy atom. The van der Waals surface area contributed by atoms with Crippen molar-refractivity contribution in [2.24, 2.45) is 11.8 Å². The van der Waals surface area contributed by atoms with Crippen LogP contribution in [0.4, 0.5) is 0 Å². The summed E-state index contributed by atoms with van der Waals surface area (Å²) in [5, 5.41) is 13.7. The van der Waals surface area contributed by atoms with Crippen molar-refractivity contribution in [2.45, 2.75) is 72.1 Å². The molecule has 1 N–H and O–H groups in total. The molecule has 0 radical (unpaired) electrons. The fourth-order valence-corrected chi connectivity index (χ4v) is 5.30. The maximum absolute atomic E-state index is 13.6. The molecule has 0 aliphatic heterocycles. The van der Waals surface area contributed by atoms with Gasteiger partial charge in [-0.1, -0.05) is 89.6 Å². The number of esters is 1. The molecule has 0 saturated heterocycles. The lowest BCUT2D eigenvalue weighted by molar-refractivity contribution is -0.152. The summed E-state index contributed by atoms with van der Waals surface area (Å²) < 4.78 is 6.27. The highest BCUT2D eigenvalue weighted by Gasteiger charge is 2.37. The maximum Gasteiger partial charge on any atom is 0.315 e. The summed E-state index contributed by atoms with van der Waals surface area (Å²) in [5.41, 5.74) is 2.99. The predicted octanol–water partition coefficient (Wildman–Crippen LogP) is 7.55. The molecule has 0 heterocycles. The summed E-state index contributed by atoms with van der Waals surface area (Å²) >= 11 is 0. The van der Waals surface area contributed by atoms with Crippen LogP contribution in [0.2, 0.25) is 0 Å². The van der Waals surface area contributed by atoms with E-state index in [0.29, 0.717) is 18.6 Å². The van der Waals surface area contributed by atoms with E-state index >= 15 is 0 Å². The number of carboxylic acids is 1. The molecule has 1 aliphatic carbocycles. The van der Waals surface area contributed by atoms with Gasteiger partial charge in [-0.3, -0.25) is 9.59 Å². The lowest BCUT2D eigenvalue weighted by Gasteiger charge is -2.28. The van der Waals surface area contributed by atoms with E-state index in [0.717, 1.165) is 32.7 Å². The van der Waals surface area contributed by atoms with E-state index in [9.17, 15) is 14.7 Å². The first-order valence-electron chi connectivity index (χ1n) is 12.4. The lowest BCUT2D eigenvalue weighted by atomic mass is 9.79. The van der Waals surface area contributed by atoms with Gasteiger partial charge < -0.3 is 9.84 Å². The number of benzene rings is 3. The van der Waals surface area contributed by atoms with E-state index in [2.05, 4.69) is 71.9 Å². The van der Waals surface area contributed by atoms with E-state index in [1.54, 1.807) is 0 Å². The number of carbonyl (C=O) groups is 2. The number of hydrogen-bond acceptors (Lipinski definition) is 3. The molecule has 3 aromatic rings. The molecule has 3 aromatic carbocycles. The van der Waals surface area contributed by atoms with Gasteiger partial charge in [-0.15, -0.1) is 0 Å². The molecule has 2 unspecified atom stereocenters. The quantitative estimate of drug-likeness (QED) is 0.185. The zero-order chi connectivity index (χ0) is 25.7. The van der Waals surface area contributed by atoms with E-state index in [1.807, 2.05) is 25.1 Å². The fourth-order valence-electron chi connectivity index (χ4n) is 5.30. The summed E-state index contributed by atoms with van der Waals surface area (Å²) in [4.78, 5) is 25.6. The molecule has 0 spiro atoms. The number of carboxylic acid groups (broad SMARTS) is 1. The molecular formula is C31H36O4. The number of ether oxygens (including phenoxy) is 1. The smallest absolute Gasteiger partial charge is 0.315 e. The topological polar surface area (TPSA) is 63.6 Å². The molecule has 0 saturated carbocycles. The Hall–Kier alpha value is -3.14. The molecule has 4 heteroatoms. The summed E-state index contributed by atoms with van der Waals surface area (Å²) in [6.45, 7) is 14.9. The largest absolute Gasteiger partial charge is 0.481 e. The maximum atomic E-state index is 13.6. The summed E-state index contributed by atoms with van der Waals surface area (Å²) in [6, 6.07) is 14.5. The van der Waals surface area contributed by atoms with Gasteiger partial charge in [0.1, 0.15) is 5.75 Å². The van der Waals surface area contributed by atoms with Crippen LogP contribution in [0.25, 0.3) is 21.5 Å². The Balaban J connectivity index is 1.98. The Labute approximate surface area is 208 Å². The average molecular weight is 473 g/mol.